The second-order valence-corrected chi connectivity index (χ2v) is 7.33. The van der Waals surface area contributed by atoms with E-state index in [9.17, 15) is 9.59 Å². The molecule has 0 aliphatic heterocycles. The lowest BCUT2D eigenvalue weighted by molar-refractivity contribution is -0.131. The van der Waals surface area contributed by atoms with E-state index in [1.165, 1.54) is 0 Å². The standard InChI is InChI=1S/C18H23NO3/c1-16(2)17(3)8-9-18(16,11-14(17)20)15(21)19-12-6-5-7-13(10-12)22-4/h5-7,10H,8-9,11H2,1-4H3,(H,19,21)/t17-,18-/m0/s1. The van der Waals surface area contributed by atoms with Gasteiger partial charge in [0.05, 0.1) is 12.5 Å². The molecule has 2 bridgehead atoms. The lowest BCUT2D eigenvalue weighted by Gasteiger charge is -2.38. The molecule has 2 saturated carbocycles. The third-order valence-corrected chi connectivity index (χ3v) is 6.47. The first-order chi connectivity index (χ1) is 10.3. The minimum atomic E-state index is -0.595. The lowest BCUT2D eigenvalue weighted by Crippen LogP contribution is -2.43. The van der Waals surface area contributed by atoms with Crippen molar-refractivity contribution in [3.8, 4) is 5.75 Å². The SMILES string of the molecule is COc1cccc(NC(=O)[C@]23CC[C@@](C)(C(=O)C2)C3(C)C)c1. The van der Waals surface area contributed by atoms with Gasteiger partial charge in [0, 0.05) is 23.6 Å². The average molecular weight is 301 g/mol. The van der Waals surface area contributed by atoms with Gasteiger partial charge in [-0.25, -0.2) is 0 Å². The molecule has 0 spiro atoms. The monoisotopic (exact) mass is 301 g/mol. The van der Waals surface area contributed by atoms with Gasteiger partial charge in [0.1, 0.15) is 11.5 Å². The number of rotatable bonds is 3. The van der Waals surface area contributed by atoms with Crippen molar-refractivity contribution < 1.29 is 14.3 Å². The van der Waals surface area contributed by atoms with Gasteiger partial charge in [-0.15, -0.1) is 0 Å². The zero-order valence-electron chi connectivity index (χ0n) is 13.7. The first-order valence-corrected chi connectivity index (χ1v) is 7.76. The van der Waals surface area contributed by atoms with Gasteiger partial charge in [-0.2, -0.15) is 0 Å². The first-order valence-electron chi connectivity index (χ1n) is 7.76. The molecule has 0 aromatic heterocycles. The number of ketones is 1. The fourth-order valence-electron chi connectivity index (χ4n) is 4.31. The molecule has 2 fully saturated rings. The molecule has 0 unspecified atom stereocenters. The fourth-order valence-corrected chi connectivity index (χ4v) is 4.31. The van der Waals surface area contributed by atoms with E-state index in [1.54, 1.807) is 13.2 Å². The fraction of sp³-hybridized carbons (Fsp3) is 0.556. The quantitative estimate of drug-likeness (QED) is 0.930. The van der Waals surface area contributed by atoms with Crippen molar-refractivity contribution in [2.45, 2.75) is 40.0 Å². The van der Waals surface area contributed by atoms with Crippen molar-refractivity contribution in [1.82, 2.24) is 0 Å². The highest BCUT2D eigenvalue weighted by Crippen LogP contribution is 2.70. The Labute approximate surface area is 131 Å². The highest BCUT2D eigenvalue weighted by Gasteiger charge is 2.72. The summed E-state index contributed by atoms with van der Waals surface area (Å²) in [5, 5.41) is 3.00. The minimum absolute atomic E-state index is 0.0414. The molecule has 4 heteroatoms. The Kier molecular flexibility index (Phi) is 3.13. The van der Waals surface area contributed by atoms with Crippen LogP contribution in [-0.2, 0) is 9.59 Å². The maximum atomic E-state index is 13.0. The highest BCUT2D eigenvalue weighted by molar-refractivity contribution is 6.04. The number of benzene rings is 1. The van der Waals surface area contributed by atoms with Gasteiger partial charge in [0.15, 0.2) is 0 Å². The molecular weight excluding hydrogens is 278 g/mol. The Morgan fingerprint density at radius 1 is 1.23 bits per heavy atom. The summed E-state index contributed by atoms with van der Waals surface area (Å²) in [6, 6.07) is 7.32. The number of anilines is 1. The van der Waals surface area contributed by atoms with E-state index in [4.69, 9.17) is 4.74 Å². The van der Waals surface area contributed by atoms with E-state index in [0.29, 0.717) is 17.9 Å². The van der Waals surface area contributed by atoms with Crippen LogP contribution >= 0.6 is 0 Å². The molecule has 1 N–H and O–H groups in total. The Hall–Kier alpha value is -1.84. The Balaban J connectivity index is 1.91. The van der Waals surface area contributed by atoms with Crippen LogP contribution in [-0.4, -0.2) is 18.8 Å². The van der Waals surface area contributed by atoms with Gasteiger partial charge in [0.25, 0.3) is 0 Å². The summed E-state index contributed by atoms with van der Waals surface area (Å²) in [6.45, 7) is 6.15. The van der Waals surface area contributed by atoms with Crippen LogP contribution in [0.5, 0.6) is 5.75 Å². The first kappa shape index (κ1) is 15.1. The summed E-state index contributed by atoms with van der Waals surface area (Å²) in [4.78, 5) is 25.4. The predicted molar refractivity (Wildman–Crippen MR) is 84.8 cm³/mol. The number of carbonyl (C=O) groups excluding carboxylic acids is 2. The van der Waals surface area contributed by atoms with Crippen molar-refractivity contribution in [1.29, 1.82) is 0 Å². The molecule has 1 aromatic rings. The topological polar surface area (TPSA) is 55.4 Å². The van der Waals surface area contributed by atoms with Crippen LogP contribution in [0.3, 0.4) is 0 Å². The molecule has 4 nitrogen and oxygen atoms in total. The summed E-state index contributed by atoms with van der Waals surface area (Å²) in [7, 11) is 1.60. The number of carbonyl (C=O) groups is 2. The van der Waals surface area contributed by atoms with E-state index in [-0.39, 0.29) is 22.5 Å². The van der Waals surface area contributed by atoms with Crippen molar-refractivity contribution in [3.05, 3.63) is 24.3 Å². The zero-order chi connectivity index (χ0) is 16.2. The largest absolute Gasteiger partial charge is 0.497 e. The second kappa shape index (κ2) is 4.58. The van der Waals surface area contributed by atoms with Crippen LogP contribution in [0.1, 0.15) is 40.0 Å². The Morgan fingerprint density at radius 3 is 2.50 bits per heavy atom. The predicted octanol–water partition coefficient (Wildman–Crippen LogP) is 3.42. The van der Waals surface area contributed by atoms with Gasteiger partial charge in [-0.3, -0.25) is 9.59 Å². The second-order valence-electron chi connectivity index (χ2n) is 7.33. The van der Waals surface area contributed by atoms with Gasteiger partial charge in [-0.05, 0) is 30.4 Å². The van der Waals surface area contributed by atoms with E-state index in [2.05, 4.69) is 19.2 Å². The van der Waals surface area contributed by atoms with Crippen molar-refractivity contribution in [2.75, 3.05) is 12.4 Å². The van der Waals surface area contributed by atoms with Crippen molar-refractivity contribution >= 4 is 17.4 Å². The number of fused-ring (bicyclic) bond motifs is 2. The number of amides is 1. The van der Waals surface area contributed by atoms with Crippen LogP contribution in [0.2, 0.25) is 0 Å². The molecule has 2 atom stereocenters. The molecule has 1 amide bonds. The lowest BCUT2D eigenvalue weighted by atomic mass is 9.64. The number of hydrogen-bond acceptors (Lipinski definition) is 3. The molecule has 118 valence electrons. The molecule has 2 aliphatic rings. The summed E-state index contributed by atoms with van der Waals surface area (Å²) in [6.07, 6.45) is 1.93. The third kappa shape index (κ3) is 1.70. The molecule has 3 rings (SSSR count). The third-order valence-electron chi connectivity index (χ3n) is 6.47. The molecule has 0 heterocycles. The number of Topliss-reactive ketones (excluding diaryl/α,β-unsaturated/α-hetero) is 1. The number of methoxy groups -OCH3 is 1. The molecule has 2 aliphatic carbocycles. The molecule has 0 radical (unpaired) electrons. The summed E-state index contributed by atoms with van der Waals surface area (Å²) < 4.78 is 5.19. The minimum Gasteiger partial charge on any atom is -0.497 e. The zero-order valence-corrected chi connectivity index (χ0v) is 13.7. The van der Waals surface area contributed by atoms with Crippen LogP contribution in [0.15, 0.2) is 24.3 Å². The van der Waals surface area contributed by atoms with Crippen molar-refractivity contribution in [2.24, 2.45) is 16.2 Å². The molecule has 0 saturated heterocycles. The van der Waals surface area contributed by atoms with E-state index >= 15 is 0 Å². The summed E-state index contributed by atoms with van der Waals surface area (Å²) >= 11 is 0. The number of ether oxygens (including phenoxy) is 1. The van der Waals surface area contributed by atoms with Gasteiger partial charge >= 0.3 is 0 Å². The van der Waals surface area contributed by atoms with Crippen molar-refractivity contribution in [3.63, 3.8) is 0 Å². The normalized spacial score (nSPS) is 32.1. The summed E-state index contributed by atoms with van der Waals surface area (Å²) in [5.41, 5.74) is -0.580. The maximum absolute atomic E-state index is 13.0. The van der Waals surface area contributed by atoms with Crippen LogP contribution in [0.4, 0.5) is 5.69 Å². The maximum Gasteiger partial charge on any atom is 0.231 e. The molecule has 1 aromatic carbocycles. The average Bonchev–Trinajstić information content (AvgIpc) is 2.78. The Bertz CT molecular complexity index is 651. The van der Waals surface area contributed by atoms with E-state index in [0.717, 1.165) is 12.8 Å². The van der Waals surface area contributed by atoms with Crippen LogP contribution in [0.25, 0.3) is 0 Å². The van der Waals surface area contributed by atoms with E-state index in [1.807, 2.05) is 25.1 Å². The van der Waals surface area contributed by atoms with E-state index < -0.39 is 5.41 Å². The highest BCUT2D eigenvalue weighted by atomic mass is 16.5. The summed E-state index contributed by atoms with van der Waals surface area (Å²) in [5.74, 6) is 0.887. The van der Waals surface area contributed by atoms with Crippen LogP contribution < -0.4 is 10.1 Å². The number of hydrogen-bond donors (Lipinski definition) is 1. The van der Waals surface area contributed by atoms with Gasteiger partial charge < -0.3 is 10.1 Å². The molecule has 22 heavy (non-hydrogen) atoms. The molecular formula is C18H23NO3. The van der Waals surface area contributed by atoms with Gasteiger partial charge in [-0.1, -0.05) is 26.8 Å². The Morgan fingerprint density at radius 2 is 1.95 bits per heavy atom. The number of nitrogens with one attached hydrogen (secondary N) is 1. The smallest absolute Gasteiger partial charge is 0.231 e. The van der Waals surface area contributed by atoms with Crippen LogP contribution in [0, 0.1) is 16.2 Å². The van der Waals surface area contributed by atoms with Gasteiger partial charge in [0.2, 0.25) is 5.91 Å².